The summed E-state index contributed by atoms with van der Waals surface area (Å²) >= 11 is 0. The Labute approximate surface area is 167 Å². The summed E-state index contributed by atoms with van der Waals surface area (Å²) in [7, 11) is 1.31. The molecular formula is C20H18BN5O3. The molecule has 4 aromatic rings. The average Bonchev–Trinajstić information content (AvgIpc) is 3.22. The number of rotatable bonds is 4. The summed E-state index contributed by atoms with van der Waals surface area (Å²) < 4.78 is 6.47. The van der Waals surface area contributed by atoms with Gasteiger partial charge in [0.1, 0.15) is 6.33 Å². The molecule has 0 radical (unpaired) electrons. The maximum absolute atomic E-state index is 11.8. The monoisotopic (exact) mass is 387 g/mol. The average molecular weight is 387 g/mol. The first-order chi connectivity index (χ1) is 14.0. The number of carbonyl (C=O) groups is 1. The summed E-state index contributed by atoms with van der Waals surface area (Å²) in [6.07, 6.45) is 4.67. The Hall–Kier alpha value is -3.72. The van der Waals surface area contributed by atoms with E-state index in [-0.39, 0.29) is 5.69 Å². The minimum absolute atomic E-state index is 0.204. The summed E-state index contributed by atoms with van der Waals surface area (Å²) in [6, 6.07) is 11.3. The molecule has 0 spiro atoms. The van der Waals surface area contributed by atoms with Crippen molar-refractivity contribution in [1.29, 1.82) is 0 Å². The number of esters is 1. The molecule has 2 heterocycles. The molecule has 8 nitrogen and oxygen atoms in total. The second kappa shape index (κ2) is 7.36. The zero-order valence-electron chi connectivity index (χ0n) is 15.9. The van der Waals surface area contributed by atoms with Gasteiger partial charge in [-0.15, -0.1) is 0 Å². The Morgan fingerprint density at radius 3 is 2.83 bits per heavy atom. The number of fused-ring (bicyclic) bond motifs is 1. The van der Waals surface area contributed by atoms with Crippen LogP contribution >= 0.6 is 0 Å². The van der Waals surface area contributed by atoms with E-state index >= 15 is 0 Å². The molecular weight excluding hydrogens is 369 g/mol. The number of methoxy groups -OCH3 is 1. The van der Waals surface area contributed by atoms with Gasteiger partial charge in [0.05, 0.1) is 30.2 Å². The van der Waals surface area contributed by atoms with Crippen molar-refractivity contribution in [1.82, 2.24) is 19.7 Å². The maximum atomic E-state index is 11.8. The van der Waals surface area contributed by atoms with Crippen molar-refractivity contribution in [2.75, 3.05) is 12.8 Å². The molecule has 0 amide bonds. The fourth-order valence-corrected chi connectivity index (χ4v) is 3.18. The number of nitrogen functional groups attached to an aromatic ring is 1. The molecule has 2 aromatic heterocycles. The molecule has 144 valence electrons. The second-order valence-corrected chi connectivity index (χ2v) is 6.64. The third kappa shape index (κ3) is 3.43. The number of anilines is 1. The summed E-state index contributed by atoms with van der Waals surface area (Å²) in [6.45, 7) is 1.07. The number of ether oxygens (including phenoxy) is 1. The molecule has 0 saturated carbocycles. The van der Waals surface area contributed by atoms with Gasteiger partial charge in [-0.2, -0.15) is 10.2 Å². The van der Waals surface area contributed by atoms with Crippen molar-refractivity contribution in [2.24, 2.45) is 0 Å². The minimum Gasteiger partial charge on any atom is -0.464 e. The fourth-order valence-electron chi connectivity index (χ4n) is 3.18. The predicted octanol–water partition coefficient (Wildman–Crippen LogP) is 1.67. The number of carbonyl (C=O) groups excluding carboxylic acids is 1. The van der Waals surface area contributed by atoms with Gasteiger partial charge in [-0.1, -0.05) is 25.0 Å². The number of aromatic nitrogens is 4. The normalized spacial score (nSPS) is 10.9. The molecule has 0 aliphatic carbocycles. The molecule has 29 heavy (non-hydrogen) atoms. The zero-order valence-corrected chi connectivity index (χ0v) is 15.9. The lowest BCUT2D eigenvalue weighted by Gasteiger charge is -2.14. The van der Waals surface area contributed by atoms with Crippen molar-refractivity contribution < 1.29 is 14.6 Å². The van der Waals surface area contributed by atoms with Crippen molar-refractivity contribution >= 4 is 34.9 Å². The smallest absolute Gasteiger partial charge is 0.358 e. The first kappa shape index (κ1) is 18.6. The SMILES string of the molecule is COC(=O)c1cn(-c2ccc(B(C)O)cc2-c2ccc3c(N)cnnc3c2)cn1. The Kier molecular flexibility index (Phi) is 4.73. The van der Waals surface area contributed by atoms with Crippen molar-refractivity contribution in [2.45, 2.75) is 6.82 Å². The minimum atomic E-state index is -0.632. The lowest BCUT2D eigenvalue weighted by molar-refractivity contribution is 0.0594. The van der Waals surface area contributed by atoms with Crippen LogP contribution in [0.1, 0.15) is 10.5 Å². The van der Waals surface area contributed by atoms with E-state index < -0.39 is 12.9 Å². The topological polar surface area (TPSA) is 116 Å². The highest BCUT2D eigenvalue weighted by molar-refractivity contribution is 6.64. The standard InChI is InChI=1S/C20H18BN5O3/c1-21(28)13-4-6-19(26-10-18(23-11-26)20(27)29-2)15(8-13)12-3-5-14-16(22)9-24-25-17(14)7-12/h3-11,28H,1-2H3,(H2,22,25). The Balaban J connectivity index is 1.90. The lowest BCUT2D eigenvalue weighted by atomic mass is 9.64. The summed E-state index contributed by atoms with van der Waals surface area (Å²) in [5, 5.41) is 19.0. The summed E-state index contributed by atoms with van der Waals surface area (Å²) in [4.78, 5) is 15.9. The van der Waals surface area contributed by atoms with Crippen LogP contribution in [0.4, 0.5) is 5.69 Å². The third-order valence-electron chi connectivity index (χ3n) is 4.74. The van der Waals surface area contributed by atoms with E-state index in [1.807, 2.05) is 36.4 Å². The van der Waals surface area contributed by atoms with E-state index in [1.54, 1.807) is 23.9 Å². The van der Waals surface area contributed by atoms with Crippen LogP contribution in [0.2, 0.25) is 6.82 Å². The Bertz CT molecular complexity index is 1220. The van der Waals surface area contributed by atoms with Crippen LogP contribution in [0.5, 0.6) is 0 Å². The molecule has 0 bridgehead atoms. The molecule has 0 atom stereocenters. The van der Waals surface area contributed by atoms with Crippen LogP contribution in [-0.2, 0) is 4.74 Å². The molecule has 0 aliphatic rings. The van der Waals surface area contributed by atoms with Gasteiger partial charge in [0.15, 0.2) is 5.69 Å². The third-order valence-corrected chi connectivity index (χ3v) is 4.74. The number of imidazole rings is 1. The van der Waals surface area contributed by atoms with Crippen LogP contribution in [-0.4, -0.2) is 44.8 Å². The highest BCUT2D eigenvalue weighted by Crippen LogP contribution is 2.30. The van der Waals surface area contributed by atoms with Gasteiger partial charge in [0.2, 0.25) is 0 Å². The summed E-state index contributed by atoms with van der Waals surface area (Å²) in [5.41, 5.74) is 10.6. The van der Waals surface area contributed by atoms with Gasteiger partial charge in [-0.25, -0.2) is 9.78 Å². The zero-order chi connectivity index (χ0) is 20.5. The molecule has 0 aliphatic heterocycles. The van der Waals surface area contributed by atoms with Crippen molar-refractivity contribution in [3.05, 3.63) is 60.8 Å². The van der Waals surface area contributed by atoms with Crippen LogP contribution < -0.4 is 11.2 Å². The predicted molar refractivity (Wildman–Crippen MR) is 111 cm³/mol. The number of benzene rings is 2. The number of hydrogen-bond donors (Lipinski definition) is 2. The number of nitrogens with two attached hydrogens (primary N) is 1. The number of hydrogen-bond acceptors (Lipinski definition) is 7. The molecule has 0 unspecified atom stereocenters. The van der Waals surface area contributed by atoms with Gasteiger partial charge in [0.25, 0.3) is 0 Å². The summed E-state index contributed by atoms with van der Waals surface area (Å²) in [5.74, 6) is -0.512. The van der Waals surface area contributed by atoms with Crippen molar-refractivity contribution in [3.8, 4) is 16.8 Å². The van der Waals surface area contributed by atoms with E-state index in [9.17, 15) is 9.82 Å². The molecule has 0 saturated heterocycles. The Morgan fingerprint density at radius 1 is 1.24 bits per heavy atom. The van der Waals surface area contributed by atoms with E-state index in [0.717, 1.165) is 27.7 Å². The van der Waals surface area contributed by atoms with Crippen LogP contribution in [0.25, 0.3) is 27.7 Å². The molecule has 4 rings (SSSR count). The quantitative estimate of drug-likeness (QED) is 0.404. The largest absolute Gasteiger partial charge is 0.464 e. The molecule has 9 heteroatoms. The Morgan fingerprint density at radius 2 is 2.07 bits per heavy atom. The van der Waals surface area contributed by atoms with Gasteiger partial charge in [-0.05, 0) is 29.2 Å². The highest BCUT2D eigenvalue weighted by Gasteiger charge is 2.16. The molecule has 2 aromatic carbocycles. The van der Waals surface area contributed by atoms with Gasteiger partial charge in [0, 0.05) is 17.1 Å². The van der Waals surface area contributed by atoms with Crippen molar-refractivity contribution in [3.63, 3.8) is 0 Å². The van der Waals surface area contributed by atoms with E-state index in [2.05, 4.69) is 15.2 Å². The van der Waals surface area contributed by atoms with Crippen LogP contribution in [0.3, 0.4) is 0 Å². The second-order valence-electron chi connectivity index (χ2n) is 6.64. The van der Waals surface area contributed by atoms with E-state index in [1.165, 1.54) is 13.3 Å². The maximum Gasteiger partial charge on any atom is 0.358 e. The first-order valence-corrected chi connectivity index (χ1v) is 8.94. The highest BCUT2D eigenvalue weighted by atomic mass is 16.5. The number of nitrogens with zero attached hydrogens (tertiary/aromatic N) is 4. The first-order valence-electron chi connectivity index (χ1n) is 8.94. The molecule has 0 fully saturated rings. The van der Waals surface area contributed by atoms with E-state index in [0.29, 0.717) is 11.2 Å². The lowest BCUT2D eigenvalue weighted by Crippen LogP contribution is -2.26. The van der Waals surface area contributed by atoms with Crippen LogP contribution in [0.15, 0.2) is 55.1 Å². The van der Waals surface area contributed by atoms with Crippen LogP contribution in [0, 0.1) is 0 Å². The fraction of sp³-hybridized carbons (Fsp3) is 0.100. The van der Waals surface area contributed by atoms with E-state index in [4.69, 9.17) is 10.5 Å². The van der Waals surface area contributed by atoms with Gasteiger partial charge >= 0.3 is 12.9 Å². The van der Waals surface area contributed by atoms with Gasteiger partial charge < -0.3 is 20.1 Å². The van der Waals surface area contributed by atoms with Gasteiger partial charge in [-0.3, -0.25) is 0 Å². The molecule has 3 N–H and O–H groups in total.